The number of benzene rings is 1. The molecule has 0 unspecified atom stereocenters. The molecule has 0 fully saturated rings. The summed E-state index contributed by atoms with van der Waals surface area (Å²) in [6.45, 7) is 7.69. The van der Waals surface area contributed by atoms with Gasteiger partial charge >= 0.3 is 0 Å². The van der Waals surface area contributed by atoms with Gasteiger partial charge in [0.1, 0.15) is 0 Å². The van der Waals surface area contributed by atoms with Crippen LogP contribution in [0.15, 0.2) is 30.5 Å². The Bertz CT molecular complexity index is 502. The molecule has 0 bridgehead atoms. The lowest BCUT2D eigenvalue weighted by atomic mass is 10.2. The Morgan fingerprint density at radius 1 is 1.28 bits per heavy atom. The maximum atomic E-state index is 5.98. The van der Waals surface area contributed by atoms with Gasteiger partial charge in [-0.1, -0.05) is 25.4 Å². The lowest BCUT2D eigenvalue weighted by Crippen LogP contribution is -2.21. The number of aryl methyl sites for hydroxylation is 1. The minimum atomic E-state index is 0.722. The Balaban J connectivity index is 1.88. The highest BCUT2D eigenvalue weighted by molar-refractivity contribution is 6.31. The van der Waals surface area contributed by atoms with E-state index in [9.17, 15) is 0 Å². The van der Waals surface area contributed by atoms with E-state index in [0.717, 1.165) is 37.0 Å². The number of hydrogen-bond acceptors (Lipinski definition) is 1. The summed E-state index contributed by atoms with van der Waals surface area (Å²) < 4.78 is 2.29. The van der Waals surface area contributed by atoms with Gasteiger partial charge in [0.15, 0.2) is 0 Å². The first-order valence-corrected chi connectivity index (χ1v) is 7.00. The highest BCUT2D eigenvalue weighted by Crippen LogP contribution is 2.20. The fraction of sp³-hybridized carbons (Fsp3) is 0.467. The van der Waals surface area contributed by atoms with Gasteiger partial charge in [-0.05, 0) is 49.7 Å². The summed E-state index contributed by atoms with van der Waals surface area (Å²) in [7, 11) is 0. The van der Waals surface area contributed by atoms with E-state index in [0.29, 0.717) is 0 Å². The summed E-state index contributed by atoms with van der Waals surface area (Å²) >= 11 is 5.98. The van der Waals surface area contributed by atoms with Gasteiger partial charge in [-0.2, -0.15) is 0 Å². The minimum Gasteiger partial charge on any atom is -0.347 e. The minimum absolute atomic E-state index is 0.722. The molecule has 0 spiro atoms. The molecular formula is C15H21ClN2. The first-order valence-electron chi connectivity index (χ1n) is 6.62. The Kier molecular flexibility index (Phi) is 4.67. The van der Waals surface area contributed by atoms with Gasteiger partial charge in [-0.15, -0.1) is 0 Å². The van der Waals surface area contributed by atoms with E-state index in [1.165, 1.54) is 10.9 Å². The van der Waals surface area contributed by atoms with Crippen molar-refractivity contribution >= 4 is 22.5 Å². The molecule has 18 heavy (non-hydrogen) atoms. The number of nitrogens with one attached hydrogen (secondary N) is 1. The van der Waals surface area contributed by atoms with Gasteiger partial charge in [0.2, 0.25) is 0 Å². The topological polar surface area (TPSA) is 17.0 Å². The Labute approximate surface area is 114 Å². The third kappa shape index (κ3) is 3.50. The van der Waals surface area contributed by atoms with Gasteiger partial charge in [-0.3, -0.25) is 0 Å². The van der Waals surface area contributed by atoms with Gasteiger partial charge in [0, 0.05) is 28.7 Å². The van der Waals surface area contributed by atoms with Crippen molar-refractivity contribution < 1.29 is 0 Å². The van der Waals surface area contributed by atoms with Crippen LogP contribution in [0, 0.1) is 5.92 Å². The third-order valence-corrected chi connectivity index (χ3v) is 3.27. The Morgan fingerprint density at radius 3 is 2.89 bits per heavy atom. The van der Waals surface area contributed by atoms with Crippen molar-refractivity contribution in [3.05, 3.63) is 35.5 Å². The van der Waals surface area contributed by atoms with Crippen LogP contribution < -0.4 is 5.32 Å². The van der Waals surface area contributed by atoms with Crippen molar-refractivity contribution in [2.75, 3.05) is 13.1 Å². The zero-order chi connectivity index (χ0) is 13.0. The van der Waals surface area contributed by atoms with Gasteiger partial charge < -0.3 is 9.88 Å². The normalized spacial score (nSPS) is 11.6. The molecule has 98 valence electrons. The van der Waals surface area contributed by atoms with Crippen molar-refractivity contribution in [3.63, 3.8) is 0 Å². The first kappa shape index (κ1) is 13.4. The van der Waals surface area contributed by atoms with Gasteiger partial charge in [0.05, 0.1) is 0 Å². The van der Waals surface area contributed by atoms with E-state index >= 15 is 0 Å². The van der Waals surface area contributed by atoms with Crippen LogP contribution in [0.1, 0.15) is 20.3 Å². The van der Waals surface area contributed by atoms with Crippen LogP contribution in [0.5, 0.6) is 0 Å². The second-order valence-corrected chi connectivity index (χ2v) is 5.60. The molecule has 0 radical (unpaired) electrons. The van der Waals surface area contributed by atoms with E-state index in [4.69, 9.17) is 11.6 Å². The summed E-state index contributed by atoms with van der Waals surface area (Å²) in [6, 6.07) is 8.20. The highest BCUT2D eigenvalue weighted by Gasteiger charge is 2.01. The molecule has 1 aromatic carbocycles. The number of aromatic nitrogens is 1. The standard InChI is InChI=1S/C15H21ClN2/c1-12(2)11-17-7-3-8-18-9-6-13-10-14(16)4-5-15(13)18/h4-6,9-10,12,17H,3,7-8,11H2,1-2H3. The number of nitrogens with zero attached hydrogens (tertiary/aromatic N) is 1. The number of fused-ring (bicyclic) bond motifs is 1. The first-order chi connectivity index (χ1) is 8.66. The number of hydrogen-bond donors (Lipinski definition) is 1. The molecule has 2 rings (SSSR count). The molecule has 1 aromatic heterocycles. The van der Waals surface area contributed by atoms with E-state index in [1.807, 2.05) is 12.1 Å². The highest BCUT2D eigenvalue weighted by atomic mass is 35.5. The summed E-state index contributed by atoms with van der Waals surface area (Å²) in [4.78, 5) is 0. The van der Waals surface area contributed by atoms with Crippen LogP contribution in [0.25, 0.3) is 10.9 Å². The Morgan fingerprint density at radius 2 is 2.11 bits per heavy atom. The van der Waals surface area contributed by atoms with E-state index < -0.39 is 0 Å². The zero-order valence-electron chi connectivity index (χ0n) is 11.1. The summed E-state index contributed by atoms with van der Waals surface area (Å²) in [5.41, 5.74) is 1.27. The molecule has 2 nitrogen and oxygen atoms in total. The largest absolute Gasteiger partial charge is 0.347 e. The van der Waals surface area contributed by atoms with Crippen LogP contribution in [-0.4, -0.2) is 17.7 Å². The summed E-state index contributed by atoms with van der Waals surface area (Å²) in [5.74, 6) is 0.722. The lowest BCUT2D eigenvalue weighted by Gasteiger charge is -2.08. The smallest absolute Gasteiger partial charge is 0.0481 e. The molecule has 0 aliphatic rings. The average Bonchev–Trinajstić information content (AvgIpc) is 2.70. The number of rotatable bonds is 6. The fourth-order valence-corrected chi connectivity index (χ4v) is 2.31. The predicted octanol–water partition coefficient (Wildman–Crippen LogP) is 3.93. The number of halogens is 1. The molecule has 1 heterocycles. The molecule has 0 aliphatic heterocycles. The summed E-state index contributed by atoms with van der Waals surface area (Å²) in [5, 5.41) is 5.49. The van der Waals surface area contributed by atoms with Crippen molar-refractivity contribution in [3.8, 4) is 0 Å². The van der Waals surface area contributed by atoms with Crippen molar-refractivity contribution in [1.29, 1.82) is 0 Å². The molecular weight excluding hydrogens is 244 g/mol. The predicted molar refractivity (Wildman–Crippen MR) is 79.3 cm³/mol. The van der Waals surface area contributed by atoms with E-state index in [2.05, 4.69) is 42.1 Å². The van der Waals surface area contributed by atoms with Crippen LogP contribution in [-0.2, 0) is 6.54 Å². The molecule has 0 saturated carbocycles. The van der Waals surface area contributed by atoms with Crippen LogP contribution >= 0.6 is 11.6 Å². The van der Waals surface area contributed by atoms with Crippen molar-refractivity contribution in [1.82, 2.24) is 9.88 Å². The molecule has 0 atom stereocenters. The molecule has 3 heteroatoms. The van der Waals surface area contributed by atoms with Crippen LogP contribution in [0.4, 0.5) is 0 Å². The SMILES string of the molecule is CC(C)CNCCCn1ccc2cc(Cl)ccc21. The molecule has 0 amide bonds. The summed E-state index contributed by atoms with van der Waals surface area (Å²) in [6.07, 6.45) is 3.29. The Hall–Kier alpha value is -0.990. The van der Waals surface area contributed by atoms with Gasteiger partial charge in [-0.25, -0.2) is 0 Å². The fourth-order valence-electron chi connectivity index (χ4n) is 2.13. The van der Waals surface area contributed by atoms with Crippen LogP contribution in [0.2, 0.25) is 5.02 Å². The maximum Gasteiger partial charge on any atom is 0.0481 e. The monoisotopic (exact) mass is 264 g/mol. The third-order valence-electron chi connectivity index (χ3n) is 3.04. The van der Waals surface area contributed by atoms with Crippen molar-refractivity contribution in [2.45, 2.75) is 26.8 Å². The van der Waals surface area contributed by atoms with E-state index in [1.54, 1.807) is 0 Å². The average molecular weight is 265 g/mol. The maximum absolute atomic E-state index is 5.98. The van der Waals surface area contributed by atoms with Crippen molar-refractivity contribution in [2.24, 2.45) is 5.92 Å². The lowest BCUT2D eigenvalue weighted by molar-refractivity contribution is 0.525. The zero-order valence-corrected chi connectivity index (χ0v) is 11.9. The molecule has 1 N–H and O–H groups in total. The second kappa shape index (κ2) is 6.26. The van der Waals surface area contributed by atoms with Crippen LogP contribution in [0.3, 0.4) is 0 Å². The molecule has 2 aromatic rings. The molecule has 0 aliphatic carbocycles. The van der Waals surface area contributed by atoms with Gasteiger partial charge in [0.25, 0.3) is 0 Å². The van der Waals surface area contributed by atoms with E-state index in [-0.39, 0.29) is 0 Å². The quantitative estimate of drug-likeness (QED) is 0.783. The second-order valence-electron chi connectivity index (χ2n) is 5.16. The molecule has 0 saturated heterocycles.